The molecule has 0 aliphatic carbocycles. The zero-order valence-electron chi connectivity index (χ0n) is 16.8. The number of amides is 2. The third kappa shape index (κ3) is 5.88. The molecular weight excluding hydrogens is 463 g/mol. The normalized spacial score (nSPS) is 14.9. The Kier molecular flexibility index (Phi) is 7.91. The number of benzene rings is 2. The summed E-state index contributed by atoms with van der Waals surface area (Å²) in [6, 6.07) is 9.51. The summed E-state index contributed by atoms with van der Waals surface area (Å²) in [5, 5.41) is 6.14. The van der Waals surface area contributed by atoms with Gasteiger partial charge >= 0.3 is 0 Å². The fourth-order valence-corrected chi connectivity index (χ4v) is 4.44. The smallest absolute Gasteiger partial charge is 0.259 e. The quantitative estimate of drug-likeness (QED) is 0.456. The van der Waals surface area contributed by atoms with Crippen molar-refractivity contribution in [1.29, 1.82) is 0 Å². The molecule has 0 saturated carbocycles. The van der Waals surface area contributed by atoms with Gasteiger partial charge in [-0.25, -0.2) is 18.2 Å². The van der Waals surface area contributed by atoms with Crippen LogP contribution in [0.1, 0.15) is 15.9 Å². The van der Waals surface area contributed by atoms with Crippen molar-refractivity contribution < 1.29 is 27.1 Å². The van der Waals surface area contributed by atoms with Gasteiger partial charge in [0.05, 0.1) is 35.9 Å². The Bertz CT molecular complexity index is 1100. The highest BCUT2D eigenvalue weighted by Crippen LogP contribution is 2.18. The van der Waals surface area contributed by atoms with Crippen LogP contribution < -0.4 is 10.7 Å². The lowest BCUT2D eigenvalue weighted by Gasteiger charge is -2.26. The zero-order chi connectivity index (χ0) is 23.1. The summed E-state index contributed by atoms with van der Waals surface area (Å²) >= 11 is 5.85. The van der Waals surface area contributed by atoms with Crippen molar-refractivity contribution in [2.45, 2.75) is 4.90 Å². The Morgan fingerprint density at radius 3 is 2.50 bits per heavy atom. The summed E-state index contributed by atoms with van der Waals surface area (Å²) in [5.74, 6) is -1.81. The Morgan fingerprint density at radius 2 is 1.84 bits per heavy atom. The summed E-state index contributed by atoms with van der Waals surface area (Å²) in [6.45, 7) is 0.809. The number of carbonyl (C=O) groups is 2. The lowest BCUT2D eigenvalue weighted by atomic mass is 10.2. The van der Waals surface area contributed by atoms with Crippen LogP contribution in [0.25, 0.3) is 0 Å². The number of nitrogens with zero attached hydrogens (tertiary/aromatic N) is 2. The monoisotopic (exact) mass is 482 g/mol. The molecule has 2 aromatic carbocycles. The molecule has 3 rings (SSSR count). The SMILES string of the molecule is O=C(CNC(=O)c1ccc(S(=O)(=O)N2CCOCC2)cc1)N/N=C\c1c(F)cccc1Cl. The molecule has 0 radical (unpaired) electrons. The molecule has 1 aliphatic heterocycles. The number of morpholine rings is 1. The first-order valence-electron chi connectivity index (χ1n) is 9.51. The number of halogens is 2. The largest absolute Gasteiger partial charge is 0.379 e. The molecule has 1 heterocycles. The molecule has 0 bridgehead atoms. The van der Waals surface area contributed by atoms with Crippen LogP contribution in [0.5, 0.6) is 0 Å². The fourth-order valence-electron chi connectivity index (χ4n) is 2.82. The number of hydrogen-bond acceptors (Lipinski definition) is 6. The van der Waals surface area contributed by atoms with Gasteiger partial charge in [-0.1, -0.05) is 17.7 Å². The summed E-state index contributed by atoms with van der Waals surface area (Å²) in [4.78, 5) is 24.1. The lowest BCUT2D eigenvalue weighted by Crippen LogP contribution is -2.40. The molecule has 0 aromatic heterocycles. The van der Waals surface area contributed by atoms with Crippen molar-refractivity contribution in [2.24, 2.45) is 5.10 Å². The van der Waals surface area contributed by atoms with Gasteiger partial charge in [0.25, 0.3) is 11.8 Å². The maximum Gasteiger partial charge on any atom is 0.259 e. The second-order valence-electron chi connectivity index (χ2n) is 6.65. The molecule has 2 N–H and O–H groups in total. The van der Waals surface area contributed by atoms with Gasteiger partial charge in [0.15, 0.2) is 0 Å². The fraction of sp³-hybridized carbons (Fsp3) is 0.250. The minimum Gasteiger partial charge on any atom is -0.379 e. The molecule has 32 heavy (non-hydrogen) atoms. The van der Waals surface area contributed by atoms with Gasteiger partial charge in [0, 0.05) is 24.2 Å². The molecule has 0 unspecified atom stereocenters. The standard InChI is InChI=1S/C20H20ClFN4O5S/c21-17-2-1-3-18(22)16(17)12-24-25-19(27)13-23-20(28)14-4-6-15(7-5-14)32(29,30)26-8-10-31-11-9-26/h1-7,12H,8-11,13H2,(H,23,28)(H,25,27)/b24-12-. The molecule has 1 aliphatic rings. The van der Waals surface area contributed by atoms with Gasteiger partial charge < -0.3 is 10.1 Å². The van der Waals surface area contributed by atoms with E-state index in [-0.39, 0.29) is 34.1 Å². The van der Waals surface area contributed by atoms with E-state index in [9.17, 15) is 22.4 Å². The van der Waals surface area contributed by atoms with Crippen LogP contribution in [0.15, 0.2) is 52.5 Å². The predicted molar refractivity (Wildman–Crippen MR) is 115 cm³/mol. The molecule has 9 nitrogen and oxygen atoms in total. The molecule has 2 aromatic rings. The lowest BCUT2D eigenvalue weighted by molar-refractivity contribution is -0.120. The summed E-state index contributed by atoms with van der Waals surface area (Å²) in [6.07, 6.45) is 1.06. The van der Waals surface area contributed by atoms with Crippen molar-refractivity contribution in [2.75, 3.05) is 32.8 Å². The van der Waals surface area contributed by atoms with E-state index in [2.05, 4.69) is 15.8 Å². The molecule has 170 valence electrons. The number of carbonyl (C=O) groups excluding carboxylic acids is 2. The van der Waals surface area contributed by atoms with E-state index in [1.54, 1.807) is 0 Å². The van der Waals surface area contributed by atoms with Gasteiger partial charge in [-0.05, 0) is 36.4 Å². The summed E-state index contributed by atoms with van der Waals surface area (Å²) in [5.41, 5.74) is 2.35. The van der Waals surface area contributed by atoms with Crippen LogP contribution >= 0.6 is 11.6 Å². The van der Waals surface area contributed by atoms with Gasteiger partial charge in [-0.15, -0.1) is 0 Å². The second-order valence-corrected chi connectivity index (χ2v) is 9.00. The zero-order valence-corrected chi connectivity index (χ0v) is 18.3. The van der Waals surface area contributed by atoms with Crippen LogP contribution in [0.3, 0.4) is 0 Å². The third-order valence-electron chi connectivity index (χ3n) is 4.52. The predicted octanol–water partition coefficient (Wildman–Crippen LogP) is 1.38. The van der Waals surface area contributed by atoms with Crippen molar-refractivity contribution in [3.63, 3.8) is 0 Å². The maximum atomic E-state index is 13.6. The first kappa shape index (κ1) is 23.8. The number of hydrogen-bond donors (Lipinski definition) is 2. The van der Waals surface area contributed by atoms with E-state index >= 15 is 0 Å². The van der Waals surface area contributed by atoms with E-state index in [4.69, 9.17) is 16.3 Å². The van der Waals surface area contributed by atoms with Crippen LogP contribution in [-0.4, -0.2) is 63.6 Å². The van der Waals surface area contributed by atoms with Crippen LogP contribution in [0, 0.1) is 5.82 Å². The number of rotatable bonds is 7. The topological polar surface area (TPSA) is 117 Å². The number of ether oxygens (including phenoxy) is 1. The van der Waals surface area contributed by atoms with Crippen molar-refractivity contribution in [3.05, 3.63) is 64.4 Å². The first-order chi connectivity index (χ1) is 15.3. The van der Waals surface area contributed by atoms with Crippen molar-refractivity contribution >= 4 is 39.7 Å². The van der Waals surface area contributed by atoms with Crippen molar-refractivity contribution in [3.8, 4) is 0 Å². The molecule has 0 spiro atoms. The van der Waals surface area contributed by atoms with Crippen molar-refractivity contribution in [1.82, 2.24) is 15.0 Å². The highest BCUT2D eigenvalue weighted by Gasteiger charge is 2.26. The first-order valence-corrected chi connectivity index (χ1v) is 11.3. The number of hydrazone groups is 1. The van der Waals surface area contributed by atoms with Crippen LogP contribution in [-0.2, 0) is 19.6 Å². The Hall–Kier alpha value is -2.86. The molecule has 12 heteroatoms. The van der Waals surface area contributed by atoms with Gasteiger partial charge in [0.2, 0.25) is 10.0 Å². The number of nitrogens with one attached hydrogen (secondary N) is 2. The average molecular weight is 483 g/mol. The minimum absolute atomic E-state index is 0.0191. The average Bonchev–Trinajstić information content (AvgIpc) is 2.80. The summed E-state index contributed by atoms with van der Waals surface area (Å²) in [7, 11) is -3.66. The second kappa shape index (κ2) is 10.6. The van der Waals surface area contributed by atoms with Crippen LogP contribution in [0.2, 0.25) is 5.02 Å². The van der Waals surface area contributed by atoms with E-state index in [0.717, 1.165) is 6.21 Å². The van der Waals surface area contributed by atoms with Gasteiger partial charge in [-0.3, -0.25) is 9.59 Å². The number of sulfonamides is 1. The molecular formula is C20H20ClFN4O5S. The Morgan fingerprint density at radius 1 is 1.16 bits per heavy atom. The third-order valence-corrected chi connectivity index (χ3v) is 6.76. The van der Waals surface area contributed by atoms with E-state index in [1.807, 2.05) is 0 Å². The van der Waals surface area contributed by atoms with Gasteiger partial charge in [0.1, 0.15) is 5.82 Å². The molecule has 1 saturated heterocycles. The Balaban J connectivity index is 1.52. The van der Waals surface area contributed by atoms with Gasteiger partial charge in [-0.2, -0.15) is 9.41 Å². The maximum absolute atomic E-state index is 13.6. The molecule has 2 amide bonds. The van der Waals surface area contributed by atoms with E-state index < -0.39 is 34.2 Å². The Labute approximate surface area is 189 Å². The summed E-state index contributed by atoms with van der Waals surface area (Å²) < 4.78 is 45.3. The van der Waals surface area contributed by atoms with E-state index in [0.29, 0.717) is 13.2 Å². The molecule has 1 fully saturated rings. The van der Waals surface area contributed by atoms with E-state index in [1.165, 1.54) is 46.8 Å². The highest BCUT2D eigenvalue weighted by atomic mass is 35.5. The highest BCUT2D eigenvalue weighted by molar-refractivity contribution is 7.89. The molecule has 0 atom stereocenters. The van der Waals surface area contributed by atoms with Crippen LogP contribution in [0.4, 0.5) is 4.39 Å². The minimum atomic E-state index is -3.66.